The normalized spacial score (nSPS) is 19.6. The number of amides is 1. The topological polar surface area (TPSA) is 70.8 Å². The summed E-state index contributed by atoms with van der Waals surface area (Å²) in [5.74, 6) is 2.62. The van der Waals surface area contributed by atoms with Gasteiger partial charge in [-0.25, -0.2) is 12.7 Å². The van der Waals surface area contributed by atoms with Crippen molar-refractivity contribution in [1.82, 2.24) is 9.21 Å². The molecule has 1 fully saturated rings. The minimum absolute atomic E-state index is 0.102. The highest BCUT2D eigenvalue weighted by atomic mass is 32.2. The van der Waals surface area contributed by atoms with Gasteiger partial charge in [0, 0.05) is 32.6 Å². The Bertz CT molecular complexity index is 917. The summed E-state index contributed by atoms with van der Waals surface area (Å²) in [5, 5.41) is 0. The molecule has 0 saturated heterocycles. The lowest BCUT2D eigenvalue weighted by molar-refractivity contribution is 0.0774. The first-order chi connectivity index (χ1) is 12.2. The third-order valence-electron chi connectivity index (χ3n) is 4.76. The van der Waals surface area contributed by atoms with Gasteiger partial charge in [0.15, 0.2) is 0 Å². The maximum Gasteiger partial charge on any atom is 0.254 e. The van der Waals surface area contributed by atoms with Crippen LogP contribution in [0.15, 0.2) is 45.7 Å². The number of nitrogens with zero attached hydrogens (tertiary/aromatic N) is 2. The van der Waals surface area contributed by atoms with Gasteiger partial charge >= 0.3 is 0 Å². The van der Waals surface area contributed by atoms with E-state index in [9.17, 15) is 13.2 Å². The zero-order valence-electron chi connectivity index (χ0n) is 15.5. The Kier molecular flexibility index (Phi) is 4.94. The van der Waals surface area contributed by atoms with Crippen molar-refractivity contribution in [3.63, 3.8) is 0 Å². The predicted octanol–water partition coefficient (Wildman–Crippen LogP) is 2.93. The lowest BCUT2D eigenvalue weighted by atomic mass is 10.2. The standard InChI is InChI=1S/C19H24N2O4S/c1-13-10-17(13)18-9-8-15(25-18)12-21(4)19(22)14-6-5-7-16(11-14)26(23,24)20(2)3/h5-9,11,13,17H,10,12H2,1-4H3/t13-,17+/m0/s1. The molecule has 0 radical (unpaired) electrons. The molecule has 1 aliphatic rings. The average Bonchev–Trinajstić information content (AvgIpc) is 3.15. The molecule has 0 N–H and O–H groups in total. The van der Waals surface area contributed by atoms with E-state index in [1.165, 1.54) is 31.1 Å². The summed E-state index contributed by atoms with van der Waals surface area (Å²) in [6.45, 7) is 2.53. The maximum absolute atomic E-state index is 12.7. The van der Waals surface area contributed by atoms with Gasteiger partial charge in [0.25, 0.3) is 5.91 Å². The van der Waals surface area contributed by atoms with Gasteiger partial charge in [-0.2, -0.15) is 0 Å². The molecule has 7 heteroatoms. The van der Waals surface area contributed by atoms with Crippen LogP contribution in [0.5, 0.6) is 0 Å². The fraction of sp³-hybridized carbons (Fsp3) is 0.421. The summed E-state index contributed by atoms with van der Waals surface area (Å²) in [7, 11) is 1.03. The van der Waals surface area contributed by atoms with Crippen LogP contribution in [-0.4, -0.2) is 44.7 Å². The van der Waals surface area contributed by atoms with Crippen molar-refractivity contribution in [2.24, 2.45) is 5.92 Å². The van der Waals surface area contributed by atoms with E-state index in [2.05, 4.69) is 6.92 Å². The number of sulfonamides is 1. The minimum Gasteiger partial charge on any atom is -0.464 e. The molecule has 0 aliphatic heterocycles. The van der Waals surface area contributed by atoms with Crippen molar-refractivity contribution in [3.8, 4) is 0 Å². The van der Waals surface area contributed by atoms with Crippen molar-refractivity contribution in [2.75, 3.05) is 21.1 Å². The molecule has 140 valence electrons. The Hall–Kier alpha value is -2.12. The highest BCUT2D eigenvalue weighted by Crippen LogP contribution is 2.47. The molecule has 26 heavy (non-hydrogen) atoms. The number of rotatable bonds is 6. The zero-order chi connectivity index (χ0) is 19.1. The molecule has 1 aliphatic carbocycles. The quantitative estimate of drug-likeness (QED) is 0.777. The van der Waals surface area contributed by atoms with E-state index in [0.29, 0.717) is 23.9 Å². The Morgan fingerprint density at radius 1 is 1.19 bits per heavy atom. The summed E-state index contributed by atoms with van der Waals surface area (Å²) in [4.78, 5) is 14.3. The summed E-state index contributed by atoms with van der Waals surface area (Å²) in [6.07, 6.45) is 1.15. The molecule has 1 aromatic heterocycles. The van der Waals surface area contributed by atoms with Gasteiger partial charge in [-0.15, -0.1) is 0 Å². The molecule has 2 aromatic rings. The SMILES string of the molecule is C[C@H]1C[C@H]1c1ccc(CN(C)C(=O)c2cccc(S(=O)(=O)N(C)C)c2)o1. The van der Waals surface area contributed by atoms with Gasteiger partial charge in [0.05, 0.1) is 11.4 Å². The Labute approximate surface area is 154 Å². The molecule has 0 bridgehead atoms. The molecule has 1 amide bonds. The highest BCUT2D eigenvalue weighted by Gasteiger charge is 2.36. The van der Waals surface area contributed by atoms with Gasteiger partial charge in [-0.3, -0.25) is 4.79 Å². The second-order valence-corrected chi connectivity index (χ2v) is 9.25. The molecule has 1 saturated carbocycles. The van der Waals surface area contributed by atoms with Gasteiger partial charge in [0.2, 0.25) is 10.0 Å². The largest absolute Gasteiger partial charge is 0.464 e. The number of hydrogen-bond acceptors (Lipinski definition) is 4. The van der Waals surface area contributed by atoms with E-state index in [1.807, 2.05) is 12.1 Å². The number of furan rings is 1. The summed E-state index contributed by atoms with van der Waals surface area (Å²) < 4.78 is 31.5. The first-order valence-electron chi connectivity index (χ1n) is 8.57. The second kappa shape index (κ2) is 6.89. The molecular formula is C19H24N2O4S. The van der Waals surface area contributed by atoms with Gasteiger partial charge in [-0.1, -0.05) is 13.0 Å². The third kappa shape index (κ3) is 3.68. The Morgan fingerprint density at radius 2 is 1.88 bits per heavy atom. The monoisotopic (exact) mass is 376 g/mol. The van der Waals surface area contributed by atoms with E-state index in [-0.39, 0.29) is 10.8 Å². The number of hydrogen-bond donors (Lipinski definition) is 0. The lowest BCUT2D eigenvalue weighted by Crippen LogP contribution is -2.27. The Morgan fingerprint density at radius 3 is 2.50 bits per heavy atom. The van der Waals surface area contributed by atoms with E-state index in [4.69, 9.17) is 4.42 Å². The van der Waals surface area contributed by atoms with Crippen molar-refractivity contribution < 1.29 is 17.6 Å². The number of benzene rings is 1. The fourth-order valence-electron chi connectivity index (χ4n) is 2.92. The third-order valence-corrected chi connectivity index (χ3v) is 6.57. The van der Waals surface area contributed by atoms with Crippen molar-refractivity contribution in [1.29, 1.82) is 0 Å². The first kappa shape index (κ1) is 18.7. The molecule has 2 atom stereocenters. The Balaban J connectivity index is 1.73. The van der Waals surface area contributed by atoms with E-state index < -0.39 is 10.0 Å². The predicted molar refractivity (Wildman–Crippen MR) is 98.3 cm³/mol. The lowest BCUT2D eigenvalue weighted by Gasteiger charge is -2.17. The second-order valence-electron chi connectivity index (χ2n) is 7.10. The molecule has 1 aromatic carbocycles. The molecule has 6 nitrogen and oxygen atoms in total. The molecule has 0 spiro atoms. The number of carbonyl (C=O) groups excluding carboxylic acids is 1. The summed E-state index contributed by atoms with van der Waals surface area (Å²) in [5.41, 5.74) is 0.331. The zero-order valence-corrected chi connectivity index (χ0v) is 16.3. The highest BCUT2D eigenvalue weighted by molar-refractivity contribution is 7.89. The van der Waals surface area contributed by atoms with Crippen LogP contribution in [-0.2, 0) is 16.6 Å². The molecule has 0 unspecified atom stereocenters. The van der Waals surface area contributed by atoms with Crippen LogP contribution in [0.1, 0.15) is 41.1 Å². The van der Waals surface area contributed by atoms with Crippen LogP contribution >= 0.6 is 0 Å². The molecular weight excluding hydrogens is 352 g/mol. The van der Waals surface area contributed by atoms with Crippen LogP contribution < -0.4 is 0 Å². The van der Waals surface area contributed by atoms with Crippen molar-refractivity contribution >= 4 is 15.9 Å². The van der Waals surface area contributed by atoms with Crippen LogP contribution in [0.3, 0.4) is 0 Å². The van der Waals surface area contributed by atoms with Gasteiger partial charge in [-0.05, 0) is 42.7 Å². The van der Waals surface area contributed by atoms with Crippen molar-refractivity contribution in [2.45, 2.75) is 30.7 Å². The summed E-state index contributed by atoms with van der Waals surface area (Å²) >= 11 is 0. The first-order valence-corrected chi connectivity index (χ1v) is 10.0. The van der Waals surface area contributed by atoms with Crippen LogP contribution in [0.4, 0.5) is 0 Å². The van der Waals surface area contributed by atoms with Crippen molar-refractivity contribution in [3.05, 3.63) is 53.5 Å². The smallest absolute Gasteiger partial charge is 0.254 e. The van der Waals surface area contributed by atoms with Crippen LogP contribution in [0.25, 0.3) is 0 Å². The van der Waals surface area contributed by atoms with Crippen LogP contribution in [0.2, 0.25) is 0 Å². The van der Waals surface area contributed by atoms with E-state index in [0.717, 1.165) is 22.2 Å². The molecule has 1 heterocycles. The van der Waals surface area contributed by atoms with Gasteiger partial charge < -0.3 is 9.32 Å². The molecule has 3 rings (SSSR count). The van der Waals surface area contributed by atoms with Gasteiger partial charge in [0.1, 0.15) is 11.5 Å². The maximum atomic E-state index is 12.7. The average molecular weight is 376 g/mol. The fourth-order valence-corrected chi connectivity index (χ4v) is 3.87. The van der Waals surface area contributed by atoms with Crippen LogP contribution in [0, 0.1) is 5.92 Å². The van der Waals surface area contributed by atoms with E-state index >= 15 is 0 Å². The number of carbonyl (C=O) groups is 1. The summed E-state index contributed by atoms with van der Waals surface area (Å²) in [6, 6.07) is 9.97. The minimum atomic E-state index is -3.58. The van der Waals surface area contributed by atoms with E-state index in [1.54, 1.807) is 19.2 Å².